The summed E-state index contributed by atoms with van der Waals surface area (Å²) in [6.07, 6.45) is 2.47. The lowest BCUT2D eigenvalue weighted by molar-refractivity contribution is -0.144. The number of carboxylic acid groups (broad SMARTS) is 4. The molecule has 3 rings (SSSR count). The van der Waals surface area contributed by atoms with E-state index in [4.69, 9.17) is 5.11 Å². The number of carboxylic acids is 4. The molecule has 0 aliphatic rings. The molecule has 500 valence electrons. The second kappa shape index (κ2) is 41.6. The van der Waals surface area contributed by atoms with E-state index in [9.17, 15) is 98.1 Å². The highest BCUT2D eigenvalue weighted by molar-refractivity contribution is 5.97. The molecule has 0 heterocycles. The first-order valence-electron chi connectivity index (χ1n) is 30.7. The molecule has 3 aromatic rings. The number of fused-ring (bicyclic) bond motifs is 1. The van der Waals surface area contributed by atoms with Gasteiger partial charge in [-0.05, 0) is 98.2 Å². The van der Waals surface area contributed by atoms with Crippen LogP contribution in [0.2, 0.25) is 0 Å². The molecule has 91 heavy (non-hydrogen) atoms. The van der Waals surface area contributed by atoms with Crippen LogP contribution in [-0.2, 0) is 70.4 Å². The van der Waals surface area contributed by atoms with Crippen LogP contribution < -0.4 is 31.9 Å². The number of carbonyl (C=O) groups excluding carboxylic acids is 9. The first-order valence-corrected chi connectivity index (χ1v) is 30.7. The van der Waals surface area contributed by atoms with Crippen molar-refractivity contribution in [3.8, 4) is 5.75 Å². The zero-order chi connectivity index (χ0) is 67.4. The maximum absolute atomic E-state index is 14.5. The third kappa shape index (κ3) is 29.7. The van der Waals surface area contributed by atoms with Crippen molar-refractivity contribution in [2.75, 3.05) is 26.4 Å². The van der Waals surface area contributed by atoms with Gasteiger partial charge in [0.05, 0.1) is 37.7 Å². The fourth-order valence-corrected chi connectivity index (χ4v) is 9.97. The molecule has 27 heteroatoms. The van der Waals surface area contributed by atoms with Crippen LogP contribution in [0.4, 0.5) is 4.79 Å². The molecule has 0 spiro atoms. The van der Waals surface area contributed by atoms with Gasteiger partial charge in [-0.25, -0.2) is 14.4 Å². The van der Waals surface area contributed by atoms with Crippen molar-refractivity contribution in [3.63, 3.8) is 0 Å². The maximum Gasteiger partial charge on any atom is 0.326 e. The number of phenols is 1. The zero-order valence-electron chi connectivity index (χ0n) is 51.2. The first-order chi connectivity index (χ1) is 43.4. The lowest BCUT2D eigenvalue weighted by Gasteiger charge is -2.25. The number of ketones is 4. The molecule has 0 saturated heterocycles. The number of hydrogen-bond donors (Lipinski definition) is 14. The van der Waals surface area contributed by atoms with Crippen LogP contribution in [0.25, 0.3) is 10.8 Å². The van der Waals surface area contributed by atoms with Crippen molar-refractivity contribution in [3.05, 3.63) is 77.9 Å². The van der Waals surface area contributed by atoms with Crippen molar-refractivity contribution < 1.29 is 103 Å². The predicted molar refractivity (Wildman–Crippen MR) is 328 cm³/mol. The normalized spacial score (nSPS) is 13.8. The van der Waals surface area contributed by atoms with Gasteiger partial charge in [-0.1, -0.05) is 87.2 Å². The number of rotatable bonds is 48. The third-order valence-corrected chi connectivity index (χ3v) is 15.4. The Bertz CT molecular complexity index is 2940. The molecule has 8 atom stereocenters. The van der Waals surface area contributed by atoms with Gasteiger partial charge in [0.2, 0.25) is 23.6 Å². The van der Waals surface area contributed by atoms with Gasteiger partial charge < -0.3 is 72.8 Å². The summed E-state index contributed by atoms with van der Waals surface area (Å²) < 4.78 is 0. The third-order valence-electron chi connectivity index (χ3n) is 15.4. The fourth-order valence-electron chi connectivity index (χ4n) is 9.97. The Balaban J connectivity index is 1.55. The van der Waals surface area contributed by atoms with Crippen molar-refractivity contribution in [1.82, 2.24) is 31.9 Å². The number of nitrogens with one attached hydrogen (secondary N) is 6. The summed E-state index contributed by atoms with van der Waals surface area (Å²) in [6.45, 7) is -0.882. The van der Waals surface area contributed by atoms with Crippen LogP contribution in [0.15, 0.2) is 66.7 Å². The van der Waals surface area contributed by atoms with Crippen LogP contribution in [0.5, 0.6) is 5.75 Å². The Labute approximate surface area is 526 Å². The Morgan fingerprint density at radius 2 is 0.945 bits per heavy atom. The number of aliphatic hydroxyl groups is 3. The van der Waals surface area contributed by atoms with E-state index in [1.54, 1.807) is 6.07 Å². The summed E-state index contributed by atoms with van der Waals surface area (Å²) in [4.78, 5) is 165. The Hall–Kier alpha value is -8.69. The standard InChI is InChI=1S/C64H88N6O21/c1-2-56(79)66-51(37-72)55(78)35-45(36-71)60(84)68-52(38-73)54(77)34-44(30-39-22-25-47(75)26-23-39)59(83)67-50(32-40-21-24-41-14-10-11-15-42(41)31-40)53(76)33-43(61(85)86)16-6-5-8-18-46(74)17-7-3-4-9-20-57(80)65-29-13-12-19-48(62(87)88)69-64(91)70-49(63(89)90)27-28-58(81)82/h10-11,14-15,21-26,31,43-45,48-52,71-73,75H,2-9,12-13,16-20,27-30,32-38H2,1H3,(H,65,80)(H,66,79)(H,67,83)(H,68,84)(H,81,82)(H,85,86)(H,87,88)(H,89,90)(H2,69,70,91)/t43-,44?,45-,48?,49-,50+,51?,52?/m0/s1. The number of benzene rings is 3. The highest BCUT2D eigenvalue weighted by Gasteiger charge is 2.35. The lowest BCUT2D eigenvalue weighted by atomic mass is 9.88. The smallest absolute Gasteiger partial charge is 0.326 e. The second-order valence-electron chi connectivity index (χ2n) is 22.6. The zero-order valence-corrected chi connectivity index (χ0v) is 51.2. The molecule has 6 amide bonds. The number of aliphatic carboxylic acids is 4. The summed E-state index contributed by atoms with van der Waals surface area (Å²) in [6, 6.07) is 10.3. The van der Waals surface area contributed by atoms with Crippen LogP contribution in [0, 0.1) is 17.8 Å². The van der Waals surface area contributed by atoms with Gasteiger partial charge >= 0.3 is 29.9 Å². The summed E-state index contributed by atoms with van der Waals surface area (Å²) in [5.41, 5.74) is 1.10. The van der Waals surface area contributed by atoms with Crippen LogP contribution >= 0.6 is 0 Å². The molecule has 14 N–H and O–H groups in total. The second-order valence-corrected chi connectivity index (χ2v) is 22.6. The van der Waals surface area contributed by atoms with E-state index < -0.39 is 165 Å². The molecule has 0 aliphatic carbocycles. The molecule has 0 bridgehead atoms. The average molecular weight is 1280 g/mol. The Morgan fingerprint density at radius 3 is 1.53 bits per heavy atom. The highest BCUT2D eigenvalue weighted by Crippen LogP contribution is 2.23. The molecule has 0 aromatic heterocycles. The van der Waals surface area contributed by atoms with Gasteiger partial charge in [-0.15, -0.1) is 0 Å². The molecule has 4 unspecified atom stereocenters. The van der Waals surface area contributed by atoms with Gasteiger partial charge in [0.1, 0.15) is 35.7 Å². The van der Waals surface area contributed by atoms with E-state index in [1.807, 2.05) is 36.4 Å². The minimum atomic E-state index is -1.65. The van der Waals surface area contributed by atoms with Crippen molar-refractivity contribution in [2.45, 2.75) is 178 Å². The van der Waals surface area contributed by atoms with Crippen molar-refractivity contribution in [2.24, 2.45) is 17.8 Å². The van der Waals surface area contributed by atoms with E-state index in [2.05, 4.69) is 31.9 Å². The average Bonchev–Trinajstić information content (AvgIpc) is 2.29. The number of aromatic hydroxyl groups is 1. The molecular weight excluding hydrogens is 1190 g/mol. The monoisotopic (exact) mass is 1280 g/mol. The van der Waals surface area contributed by atoms with Gasteiger partial charge in [0.15, 0.2) is 17.3 Å². The Kier molecular flexibility index (Phi) is 35.0. The van der Waals surface area contributed by atoms with E-state index >= 15 is 0 Å². The number of urea groups is 1. The number of amides is 6. The molecule has 3 aromatic carbocycles. The summed E-state index contributed by atoms with van der Waals surface area (Å²) >= 11 is 0. The minimum Gasteiger partial charge on any atom is -0.508 e. The quantitative estimate of drug-likeness (QED) is 0.0361. The number of phenolic OH excluding ortho intramolecular Hbond substituents is 1. The first kappa shape index (κ1) is 76.6. The lowest BCUT2D eigenvalue weighted by Crippen LogP contribution is -2.51. The number of hydrogen-bond acceptors (Lipinski definition) is 17. The molecule has 0 saturated carbocycles. The summed E-state index contributed by atoms with van der Waals surface area (Å²) in [5, 5.41) is 94.0. The van der Waals surface area contributed by atoms with Crippen LogP contribution in [0.1, 0.15) is 146 Å². The number of carbonyl (C=O) groups is 13. The van der Waals surface area contributed by atoms with E-state index in [0.29, 0.717) is 75.3 Å². The highest BCUT2D eigenvalue weighted by atomic mass is 16.4. The van der Waals surface area contributed by atoms with Gasteiger partial charge in [-0.3, -0.25) is 47.9 Å². The number of Topliss-reactive ketones (excluding diaryl/α,β-unsaturated/α-hetero) is 4. The van der Waals surface area contributed by atoms with Crippen LogP contribution in [0.3, 0.4) is 0 Å². The molecule has 0 aliphatic heterocycles. The summed E-state index contributed by atoms with van der Waals surface area (Å²) in [7, 11) is 0. The molecule has 27 nitrogen and oxygen atoms in total. The molecule has 0 fully saturated rings. The maximum atomic E-state index is 14.5. The molecule has 0 radical (unpaired) electrons. The van der Waals surface area contributed by atoms with E-state index in [0.717, 1.165) is 10.8 Å². The largest absolute Gasteiger partial charge is 0.508 e. The van der Waals surface area contributed by atoms with Crippen molar-refractivity contribution in [1.29, 1.82) is 0 Å². The predicted octanol–water partition coefficient (Wildman–Crippen LogP) is 3.20. The van der Waals surface area contributed by atoms with E-state index in [-0.39, 0.29) is 68.9 Å². The fraction of sp³-hybridized carbons (Fsp3) is 0.547. The van der Waals surface area contributed by atoms with Gasteiger partial charge in [0.25, 0.3) is 0 Å². The SMILES string of the molecule is CCC(=O)NC(CO)C(=O)C[C@@H](CO)C(=O)NC(CO)C(=O)CC(Cc1ccc(O)cc1)C(=O)N[C@H](Cc1ccc2ccccc2c1)C(=O)C[C@H](CCCCCC(=O)CCCCCCC(=O)NCCCCC(NC(=O)N[C@@H](CCC(=O)O)C(=O)O)C(=O)O)C(=O)O. The Morgan fingerprint density at radius 1 is 0.429 bits per heavy atom. The summed E-state index contributed by atoms with van der Waals surface area (Å²) in [5.74, 6) is -14.2. The van der Waals surface area contributed by atoms with Crippen molar-refractivity contribution >= 4 is 87.4 Å². The minimum absolute atomic E-state index is 0.00130. The topological polar surface area (TPSA) is 456 Å². The molecular formula is C64H88N6O21. The van der Waals surface area contributed by atoms with E-state index in [1.165, 1.54) is 31.2 Å². The van der Waals surface area contributed by atoms with Gasteiger partial charge in [0, 0.05) is 63.8 Å². The number of unbranched alkanes of at least 4 members (excludes halogenated alkanes) is 6. The number of aliphatic hydroxyl groups excluding tert-OH is 3. The van der Waals surface area contributed by atoms with Crippen LogP contribution in [-0.4, -0.2) is 174 Å². The van der Waals surface area contributed by atoms with Gasteiger partial charge in [-0.2, -0.15) is 0 Å².